The smallest absolute Gasteiger partial charge is 0.228 e. The van der Waals surface area contributed by atoms with Gasteiger partial charge in [-0.15, -0.1) is 0 Å². The van der Waals surface area contributed by atoms with Crippen LogP contribution >= 0.6 is 0 Å². The zero-order valence-electron chi connectivity index (χ0n) is 15.3. The van der Waals surface area contributed by atoms with Gasteiger partial charge in [0.25, 0.3) is 0 Å². The molecule has 0 aliphatic heterocycles. The van der Waals surface area contributed by atoms with E-state index in [1.54, 1.807) is 25.7 Å². The van der Waals surface area contributed by atoms with Gasteiger partial charge in [0.2, 0.25) is 5.91 Å². The van der Waals surface area contributed by atoms with Crippen LogP contribution in [0.1, 0.15) is 18.9 Å². The van der Waals surface area contributed by atoms with Crippen molar-refractivity contribution in [2.24, 2.45) is 11.8 Å². The first kappa shape index (κ1) is 17.4. The number of nitrogens with zero attached hydrogens (tertiary/aromatic N) is 3. The lowest BCUT2D eigenvalue weighted by Crippen LogP contribution is -2.15. The lowest BCUT2D eigenvalue weighted by Gasteiger charge is -2.11. The average Bonchev–Trinajstić information content (AvgIpc) is 3.39. The van der Waals surface area contributed by atoms with Crippen molar-refractivity contribution in [1.82, 2.24) is 15.0 Å². The highest BCUT2D eigenvalue weighted by atomic mass is 16.5. The molecule has 2 atom stereocenters. The van der Waals surface area contributed by atoms with Crippen molar-refractivity contribution < 1.29 is 9.53 Å². The van der Waals surface area contributed by atoms with E-state index in [2.05, 4.69) is 27.2 Å². The molecule has 1 aliphatic rings. The van der Waals surface area contributed by atoms with E-state index >= 15 is 0 Å². The van der Waals surface area contributed by atoms with Crippen LogP contribution in [0.2, 0.25) is 0 Å². The lowest BCUT2D eigenvalue weighted by atomic mass is 10.0. The maximum absolute atomic E-state index is 12.2. The number of nitrogens with one attached hydrogen (secondary N) is 1. The molecule has 1 fully saturated rings. The van der Waals surface area contributed by atoms with Gasteiger partial charge in [0.05, 0.1) is 12.3 Å². The standard InChI is InChI=1S/C20H21N5O2/c1-11-5-14(11)20(26)25-18-7-13-6-17(24-19(21)16(13)9-23-18)15-8-22-4-3-12(15)10-27-2/h3-4,6-9,11,14H,5,10H2,1-2H3,(H2,21,24)(H,23,25,26)/t11-,14-/m0/s1. The molecule has 0 radical (unpaired) electrons. The van der Waals surface area contributed by atoms with Crippen LogP contribution in [0, 0.1) is 11.8 Å². The number of aromatic nitrogens is 3. The van der Waals surface area contributed by atoms with Gasteiger partial charge < -0.3 is 15.8 Å². The van der Waals surface area contributed by atoms with E-state index < -0.39 is 0 Å². The summed E-state index contributed by atoms with van der Waals surface area (Å²) < 4.78 is 5.26. The van der Waals surface area contributed by atoms with E-state index in [1.165, 1.54) is 0 Å². The fourth-order valence-electron chi connectivity index (χ4n) is 3.22. The van der Waals surface area contributed by atoms with E-state index in [0.29, 0.717) is 29.9 Å². The Hall–Kier alpha value is -3.06. The van der Waals surface area contributed by atoms with Crippen LogP contribution in [-0.4, -0.2) is 28.0 Å². The number of fused-ring (bicyclic) bond motifs is 1. The molecule has 0 saturated heterocycles. The summed E-state index contributed by atoms with van der Waals surface area (Å²) >= 11 is 0. The van der Waals surface area contributed by atoms with Crippen molar-refractivity contribution in [2.45, 2.75) is 20.0 Å². The molecule has 3 heterocycles. The number of nitrogens with two attached hydrogens (primary N) is 1. The number of hydrogen-bond donors (Lipinski definition) is 2. The lowest BCUT2D eigenvalue weighted by molar-refractivity contribution is -0.117. The molecule has 7 heteroatoms. The average molecular weight is 363 g/mol. The van der Waals surface area contributed by atoms with Gasteiger partial charge in [-0.1, -0.05) is 6.92 Å². The van der Waals surface area contributed by atoms with Crippen molar-refractivity contribution in [1.29, 1.82) is 0 Å². The summed E-state index contributed by atoms with van der Waals surface area (Å²) in [6.07, 6.45) is 6.05. The second-order valence-electron chi connectivity index (χ2n) is 6.96. The molecule has 7 nitrogen and oxygen atoms in total. The fraction of sp³-hybridized carbons (Fsp3) is 0.300. The highest BCUT2D eigenvalue weighted by Gasteiger charge is 2.39. The maximum Gasteiger partial charge on any atom is 0.228 e. The molecule has 138 valence electrons. The first-order chi connectivity index (χ1) is 13.1. The summed E-state index contributed by atoms with van der Waals surface area (Å²) in [6, 6.07) is 5.66. The normalized spacial score (nSPS) is 18.4. The SMILES string of the molecule is COCc1ccncc1-c1cc2cc(NC(=O)[C@H]3C[C@@H]3C)ncc2c(N)n1. The number of hydrogen-bond acceptors (Lipinski definition) is 6. The molecule has 1 aliphatic carbocycles. The highest BCUT2D eigenvalue weighted by molar-refractivity contribution is 5.98. The predicted molar refractivity (Wildman–Crippen MR) is 104 cm³/mol. The largest absolute Gasteiger partial charge is 0.383 e. The Bertz CT molecular complexity index is 1020. The minimum atomic E-state index is 0.0197. The first-order valence-corrected chi connectivity index (χ1v) is 8.86. The molecule has 1 amide bonds. The summed E-state index contributed by atoms with van der Waals surface area (Å²) in [6.45, 7) is 2.52. The number of amides is 1. The number of ether oxygens (including phenoxy) is 1. The molecule has 3 aromatic heterocycles. The van der Waals surface area contributed by atoms with Crippen molar-refractivity contribution in [3.05, 3.63) is 42.4 Å². The van der Waals surface area contributed by atoms with Crippen LogP contribution in [0.15, 0.2) is 36.8 Å². The Morgan fingerprint density at radius 2 is 2.19 bits per heavy atom. The Kier molecular flexibility index (Phi) is 4.45. The third-order valence-electron chi connectivity index (χ3n) is 4.93. The van der Waals surface area contributed by atoms with Gasteiger partial charge in [-0.25, -0.2) is 9.97 Å². The summed E-state index contributed by atoms with van der Waals surface area (Å²) in [7, 11) is 1.65. The molecule has 0 spiro atoms. The number of methoxy groups -OCH3 is 1. The van der Waals surface area contributed by atoms with Gasteiger partial charge in [-0.2, -0.15) is 0 Å². The van der Waals surface area contributed by atoms with Crippen LogP contribution in [-0.2, 0) is 16.1 Å². The Morgan fingerprint density at radius 1 is 1.37 bits per heavy atom. The molecule has 3 aromatic rings. The minimum Gasteiger partial charge on any atom is -0.383 e. The number of carbonyl (C=O) groups excluding carboxylic acids is 1. The van der Waals surface area contributed by atoms with Crippen LogP contribution in [0.4, 0.5) is 11.6 Å². The Balaban J connectivity index is 1.72. The van der Waals surface area contributed by atoms with Gasteiger partial charge in [-0.3, -0.25) is 9.78 Å². The first-order valence-electron chi connectivity index (χ1n) is 8.86. The van der Waals surface area contributed by atoms with Crippen LogP contribution < -0.4 is 11.1 Å². The minimum absolute atomic E-state index is 0.0197. The molecular weight excluding hydrogens is 342 g/mol. The van der Waals surface area contributed by atoms with Gasteiger partial charge in [0, 0.05) is 42.6 Å². The maximum atomic E-state index is 12.2. The number of rotatable bonds is 5. The van der Waals surface area contributed by atoms with Crippen LogP contribution in [0.3, 0.4) is 0 Å². The Labute approximate surface area is 157 Å². The van der Waals surface area contributed by atoms with E-state index in [9.17, 15) is 4.79 Å². The summed E-state index contributed by atoms with van der Waals surface area (Å²) in [4.78, 5) is 25.2. The van der Waals surface area contributed by atoms with Gasteiger partial charge in [0.15, 0.2) is 0 Å². The quantitative estimate of drug-likeness (QED) is 0.722. The third kappa shape index (κ3) is 3.46. The van der Waals surface area contributed by atoms with Gasteiger partial charge in [0.1, 0.15) is 11.6 Å². The van der Waals surface area contributed by atoms with Gasteiger partial charge >= 0.3 is 0 Å². The van der Waals surface area contributed by atoms with Gasteiger partial charge in [-0.05, 0) is 41.5 Å². The number of nitrogen functional groups attached to an aromatic ring is 1. The van der Waals surface area contributed by atoms with Crippen molar-refractivity contribution >= 4 is 28.3 Å². The highest BCUT2D eigenvalue weighted by Crippen LogP contribution is 2.38. The second-order valence-corrected chi connectivity index (χ2v) is 6.96. The summed E-state index contributed by atoms with van der Waals surface area (Å²) in [5, 5.41) is 4.50. The van der Waals surface area contributed by atoms with Crippen molar-refractivity contribution in [3.8, 4) is 11.3 Å². The van der Waals surface area contributed by atoms with E-state index in [4.69, 9.17) is 10.5 Å². The molecule has 0 aromatic carbocycles. The number of anilines is 2. The molecule has 27 heavy (non-hydrogen) atoms. The number of pyridine rings is 3. The Morgan fingerprint density at radius 3 is 2.93 bits per heavy atom. The molecule has 1 saturated carbocycles. The van der Waals surface area contributed by atoms with Crippen molar-refractivity contribution in [2.75, 3.05) is 18.2 Å². The number of carbonyl (C=O) groups is 1. The summed E-state index contributed by atoms with van der Waals surface area (Å²) in [5.41, 5.74) is 8.70. The van der Waals surface area contributed by atoms with E-state index in [1.807, 2.05) is 18.2 Å². The van der Waals surface area contributed by atoms with E-state index in [-0.39, 0.29) is 11.8 Å². The zero-order valence-corrected chi connectivity index (χ0v) is 15.3. The van der Waals surface area contributed by atoms with Crippen LogP contribution in [0.5, 0.6) is 0 Å². The molecule has 4 rings (SSSR count). The van der Waals surface area contributed by atoms with E-state index in [0.717, 1.165) is 28.3 Å². The zero-order chi connectivity index (χ0) is 19.0. The second kappa shape index (κ2) is 6.92. The molecule has 0 unspecified atom stereocenters. The summed E-state index contributed by atoms with van der Waals surface area (Å²) in [5.74, 6) is 1.46. The monoisotopic (exact) mass is 363 g/mol. The molecular formula is C20H21N5O2. The predicted octanol–water partition coefficient (Wildman–Crippen LogP) is 3.01. The van der Waals surface area contributed by atoms with Crippen molar-refractivity contribution in [3.63, 3.8) is 0 Å². The molecule has 0 bridgehead atoms. The fourth-order valence-corrected chi connectivity index (χ4v) is 3.22. The molecule has 3 N–H and O–H groups in total. The third-order valence-corrected chi connectivity index (χ3v) is 4.93. The topological polar surface area (TPSA) is 103 Å². The van der Waals surface area contributed by atoms with Crippen LogP contribution in [0.25, 0.3) is 22.0 Å².